The molecule has 5 rings (SSSR count). The summed E-state index contributed by atoms with van der Waals surface area (Å²) in [6, 6.07) is 0.836. The van der Waals surface area contributed by atoms with Gasteiger partial charge in [0.05, 0.1) is 11.6 Å². The van der Waals surface area contributed by atoms with Crippen LogP contribution in [0, 0.1) is 17.8 Å². The van der Waals surface area contributed by atoms with Crippen LogP contribution in [0.25, 0.3) is 5.76 Å². The van der Waals surface area contributed by atoms with Crippen molar-refractivity contribution in [2.75, 3.05) is 46.2 Å². The number of aliphatic hydroxyl groups excluding tert-OH is 2. The van der Waals surface area contributed by atoms with Gasteiger partial charge in [-0.25, -0.2) is 0 Å². The van der Waals surface area contributed by atoms with Crippen molar-refractivity contribution in [3.63, 3.8) is 0 Å². The van der Waals surface area contributed by atoms with Crippen LogP contribution in [-0.4, -0.2) is 95.7 Å². The van der Waals surface area contributed by atoms with E-state index in [4.69, 9.17) is 5.73 Å². The van der Waals surface area contributed by atoms with Gasteiger partial charge in [-0.15, -0.1) is 0 Å². The smallest absolute Gasteiger partial charge is 0.255 e. The van der Waals surface area contributed by atoms with Crippen LogP contribution in [0.15, 0.2) is 23.0 Å². The largest absolute Gasteiger partial charge is 0.508 e. The highest BCUT2D eigenvalue weighted by Gasteiger charge is 2.64. The quantitative estimate of drug-likeness (QED) is 0.257. The number of anilines is 1. The maximum atomic E-state index is 14.1. The third-order valence-corrected chi connectivity index (χ3v) is 9.78. The van der Waals surface area contributed by atoms with E-state index in [1.165, 1.54) is 4.90 Å². The van der Waals surface area contributed by atoms with Crippen LogP contribution in [0.1, 0.15) is 48.8 Å². The number of aliphatic hydroxyl groups is 3. The van der Waals surface area contributed by atoms with E-state index < -0.39 is 58.0 Å². The number of benzene rings is 1. The van der Waals surface area contributed by atoms with Crippen molar-refractivity contribution in [3.05, 3.63) is 39.7 Å². The summed E-state index contributed by atoms with van der Waals surface area (Å²) in [6.07, 6.45) is 5.06. The number of aromatic hydroxyl groups is 1. The first-order valence-electron chi connectivity index (χ1n) is 14.7. The highest BCUT2D eigenvalue weighted by Crippen LogP contribution is 2.54. The fourth-order valence-corrected chi connectivity index (χ4v) is 7.69. The van der Waals surface area contributed by atoms with Crippen molar-refractivity contribution in [1.82, 2.24) is 10.2 Å². The van der Waals surface area contributed by atoms with Crippen LogP contribution >= 0.6 is 0 Å². The number of aryl methyl sites for hydroxylation is 1. The van der Waals surface area contributed by atoms with Gasteiger partial charge < -0.3 is 36.4 Å². The predicted molar refractivity (Wildman–Crippen MR) is 157 cm³/mol. The SMILES string of the molecule is CN(C)c1cc(CCCC2CCNCC2)c(O)c2c1CC1CC3C(N(C)C)C(=O)C(C(N)=O)=C(O)C3(O)C(=O)C1=C2O. The van der Waals surface area contributed by atoms with E-state index in [1.807, 2.05) is 25.1 Å². The van der Waals surface area contributed by atoms with Crippen LogP contribution in [0.3, 0.4) is 0 Å². The summed E-state index contributed by atoms with van der Waals surface area (Å²) in [7, 11) is 6.93. The third kappa shape index (κ3) is 4.58. The molecular formula is C31H42N4O7. The van der Waals surface area contributed by atoms with Crippen LogP contribution in [0.5, 0.6) is 5.75 Å². The molecule has 2 fully saturated rings. The number of primary amides is 1. The molecule has 0 aromatic heterocycles. The zero-order valence-electron chi connectivity index (χ0n) is 24.7. The van der Waals surface area contributed by atoms with Crippen LogP contribution in [-0.2, 0) is 27.2 Å². The highest BCUT2D eigenvalue weighted by molar-refractivity contribution is 6.24. The van der Waals surface area contributed by atoms with E-state index in [1.54, 1.807) is 14.1 Å². The zero-order chi connectivity index (χ0) is 30.7. The molecule has 1 amide bonds. The molecular weight excluding hydrogens is 540 g/mol. The number of rotatable bonds is 7. The second kappa shape index (κ2) is 11.0. The molecule has 0 spiro atoms. The van der Waals surface area contributed by atoms with Crippen LogP contribution in [0.2, 0.25) is 0 Å². The van der Waals surface area contributed by atoms with E-state index >= 15 is 0 Å². The number of carbonyl (C=O) groups is 3. The molecule has 1 saturated heterocycles. The molecule has 4 unspecified atom stereocenters. The number of nitrogens with zero attached hydrogens (tertiary/aromatic N) is 2. The van der Waals surface area contributed by atoms with Crippen molar-refractivity contribution in [2.24, 2.45) is 23.5 Å². The summed E-state index contributed by atoms with van der Waals surface area (Å²) in [6.45, 7) is 2.02. The Balaban J connectivity index is 1.60. The molecule has 11 heteroatoms. The van der Waals surface area contributed by atoms with Crippen LogP contribution in [0.4, 0.5) is 5.69 Å². The molecule has 4 atom stereocenters. The number of nitrogens with two attached hydrogens (primary N) is 1. The monoisotopic (exact) mass is 582 g/mol. The second-order valence-electron chi connectivity index (χ2n) is 12.7. The van der Waals surface area contributed by atoms with Crippen molar-refractivity contribution >= 4 is 28.9 Å². The van der Waals surface area contributed by atoms with Crippen molar-refractivity contribution in [3.8, 4) is 5.75 Å². The molecule has 1 aromatic carbocycles. The standard InChI is InChI=1S/C31H42N4O7/c1-34(2)20-14-16(7-5-6-15-8-10-33-11-9-15)25(36)22-18(20)12-17-13-19-24(35(3)4)27(38)23(30(32)41)29(40)31(19,42)28(39)21(17)26(22)37/h14-15,17,19,24,33,36-37,40,42H,5-13H2,1-4H3,(H2,32,41). The number of ketones is 2. The van der Waals surface area contributed by atoms with E-state index in [9.17, 15) is 34.8 Å². The van der Waals surface area contributed by atoms with Crippen molar-refractivity contribution in [2.45, 2.75) is 56.6 Å². The third-order valence-electron chi connectivity index (χ3n) is 9.78. The Kier molecular flexibility index (Phi) is 7.88. The van der Waals surface area contributed by atoms with Gasteiger partial charge >= 0.3 is 0 Å². The van der Waals surface area contributed by atoms with Gasteiger partial charge in [0.25, 0.3) is 5.91 Å². The molecule has 228 valence electrons. The summed E-state index contributed by atoms with van der Waals surface area (Å²) in [5.41, 5.74) is 4.10. The fourth-order valence-electron chi connectivity index (χ4n) is 7.69. The normalized spacial score (nSPS) is 28.1. The average molecular weight is 583 g/mol. The summed E-state index contributed by atoms with van der Waals surface area (Å²) in [5, 5.41) is 49.4. The number of fused-ring (bicyclic) bond motifs is 3. The first-order valence-corrected chi connectivity index (χ1v) is 14.7. The molecule has 0 radical (unpaired) electrons. The lowest BCUT2D eigenvalue weighted by molar-refractivity contribution is -0.153. The molecule has 7 N–H and O–H groups in total. The summed E-state index contributed by atoms with van der Waals surface area (Å²) in [5.74, 6) is -5.71. The zero-order valence-corrected chi connectivity index (χ0v) is 24.7. The van der Waals surface area contributed by atoms with Gasteiger partial charge in [-0.05, 0) is 94.7 Å². The van der Waals surface area contributed by atoms with Gasteiger partial charge in [0.15, 0.2) is 11.4 Å². The molecule has 11 nitrogen and oxygen atoms in total. The first-order chi connectivity index (χ1) is 19.8. The maximum absolute atomic E-state index is 14.1. The van der Waals surface area contributed by atoms with Gasteiger partial charge in [-0.1, -0.05) is 6.42 Å². The minimum atomic E-state index is -2.64. The maximum Gasteiger partial charge on any atom is 0.255 e. The number of likely N-dealkylation sites (N-methyl/N-ethyl adjacent to an activating group) is 1. The number of carbonyl (C=O) groups excluding carboxylic acids is 3. The number of piperidine rings is 1. The summed E-state index contributed by atoms with van der Waals surface area (Å²) >= 11 is 0. The average Bonchev–Trinajstić information content (AvgIpc) is 2.92. The lowest BCUT2D eigenvalue weighted by Gasteiger charge is -2.50. The van der Waals surface area contributed by atoms with E-state index in [-0.39, 0.29) is 29.7 Å². The predicted octanol–water partition coefficient (Wildman–Crippen LogP) is 1.35. The van der Waals surface area contributed by atoms with Gasteiger partial charge in [-0.3, -0.25) is 19.3 Å². The molecule has 42 heavy (non-hydrogen) atoms. The lowest BCUT2D eigenvalue weighted by Crippen LogP contribution is -2.65. The summed E-state index contributed by atoms with van der Waals surface area (Å²) in [4.78, 5) is 43.0. The summed E-state index contributed by atoms with van der Waals surface area (Å²) < 4.78 is 0. The fraction of sp³-hybridized carbons (Fsp3) is 0.581. The number of nitrogens with one attached hydrogen (secondary N) is 1. The van der Waals surface area contributed by atoms with Crippen molar-refractivity contribution < 1.29 is 34.8 Å². The number of Topliss-reactive ketones (excluding diaryl/α,β-unsaturated/α-hetero) is 2. The topological polar surface area (TPSA) is 177 Å². The Morgan fingerprint density at radius 1 is 1.12 bits per heavy atom. The lowest BCUT2D eigenvalue weighted by atomic mass is 9.57. The number of hydrogen-bond donors (Lipinski definition) is 6. The number of amides is 1. The second-order valence-corrected chi connectivity index (χ2v) is 12.7. The van der Waals surface area contributed by atoms with Gasteiger partial charge in [0.2, 0.25) is 5.78 Å². The Hall–Kier alpha value is -3.41. The Labute approximate surface area is 245 Å². The van der Waals surface area contributed by atoms with Gasteiger partial charge in [0, 0.05) is 31.3 Å². The number of phenols is 1. The Morgan fingerprint density at radius 3 is 2.38 bits per heavy atom. The first kappa shape index (κ1) is 30.1. The molecule has 1 aliphatic heterocycles. The molecule has 0 bridgehead atoms. The van der Waals surface area contributed by atoms with E-state index in [0.717, 1.165) is 44.5 Å². The van der Waals surface area contributed by atoms with E-state index in [0.29, 0.717) is 23.5 Å². The van der Waals surface area contributed by atoms with Crippen molar-refractivity contribution in [1.29, 1.82) is 0 Å². The molecule has 1 aromatic rings. The molecule has 3 aliphatic carbocycles. The molecule has 1 saturated carbocycles. The van der Waals surface area contributed by atoms with E-state index in [2.05, 4.69) is 5.32 Å². The van der Waals surface area contributed by atoms with Crippen LogP contribution < -0.4 is 16.0 Å². The Bertz CT molecular complexity index is 1390. The number of phenolic OH excluding ortho intramolecular Hbond substituents is 1. The highest BCUT2D eigenvalue weighted by atomic mass is 16.3. The van der Waals surface area contributed by atoms with Gasteiger partial charge in [0.1, 0.15) is 22.8 Å². The minimum Gasteiger partial charge on any atom is -0.508 e. The number of hydrogen-bond acceptors (Lipinski definition) is 10. The Morgan fingerprint density at radius 2 is 1.79 bits per heavy atom. The van der Waals surface area contributed by atoms with Gasteiger partial charge in [-0.2, -0.15) is 0 Å². The molecule has 1 heterocycles. The minimum absolute atomic E-state index is 0.0669. The molecule has 4 aliphatic rings.